The van der Waals surface area contributed by atoms with Gasteiger partial charge < -0.3 is 5.73 Å². The van der Waals surface area contributed by atoms with Crippen molar-refractivity contribution in [3.05, 3.63) is 22.7 Å². The number of hydrogen-bond donors (Lipinski definition) is 1. The van der Waals surface area contributed by atoms with Crippen LogP contribution in [-0.4, -0.2) is 14.3 Å². The normalized spacial score (nSPS) is 10.4. The Kier molecular flexibility index (Phi) is 2.17. The minimum atomic E-state index is 0.297. The molecule has 0 amide bonds. The van der Waals surface area contributed by atoms with Gasteiger partial charge in [-0.15, -0.1) is 0 Å². The van der Waals surface area contributed by atoms with Crippen LogP contribution in [0.4, 0.5) is 5.95 Å². The van der Waals surface area contributed by atoms with Crippen LogP contribution in [0.2, 0.25) is 0 Å². The first-order valence-electron chi connectivity index (χ1n) is 4.20. The SMILES string of the molecule is Cc1cc(-c2cc(C)sn2)nc(N)n1. The lowest BCUT2D eigenvalue weighted by Crippen LogP contribution is -1.98. The maximum Gasteiger partial charge on any atom is 0.220 e. The Bertz CT molecular complexity index is 443. The van der Waals surface area contributed by atoms with Gasteiger partial charge in [0, 0.05) is 10.6 Å². The van der Waals surface area contributed by atoms with E-state index in [1.54, 1.807) is 0 Å². The Hall–Kier alpha value is -1.49. The Labute approximate surface area is 86.0 Å². The summed E-state index contributed by atoms with van der Waals surface area (Å²) >= 11 is 1.46. The number of nitrogen functional groups attached to an aromatic ring is 1. The first-order chi connectivity index (χ1) is 6.65. The number of rotatable bonds is 1. The van der Waals surface area contributed by atoms with Gasteiger partial charge >= 0.3 is 0 Å². The zero-order chi connectivity index (χ0) is 10.1. The van der Waals surface area contributed by atoms with Crippen LogP contribution in [0.1, 0.15) is 10.6 Å². The average molecular weight is 206 g/mol. The molecule has 0 aliphatic carbocycles. The smallest absolute Gasteiger partial charge is 0.220 e. The second-order valence-electron chi connectivity index (χ2n) is 3.08. The first-order valence-corrected chi connectivity index (χ1v) is 4.97. The Morgan fingerprint density at radius 3 is 2.50 bits per heavy atom. The molecule has 0 spiro atoms. The number of hydrogen-bond acceptors (Lipinski definition) is 5. The fourth-order valence-corrected chi connectivity index (χ4v) is 1.76. The van der Waals surface area contributed by atoms with Crippen molar-refractivity contribution in [2.75, 3.05) is 5.73 Å². The molecule has 14 heavy (non-hydrogen) atoms. The topological polar surface area (TPSA) is 64.7 Å². The predicted octanol–water partition coefficient (Wildman–Crippen LogP) is 1.80. The molecule has 4 nitrogen and oxygen atoms in total. The number of aromatic nitrogens is 3. The molecule has 0 aliphatic heterocycles. The molecule has 2 heterocycles. The van der Waals surface area contributed by atoms with Crippen LogP contribution >= 0.6 is 11.5 Å². The van der Waals surface area contributed by atoms with E-state index >= 15 is 0 Å². The zero-order valence-electron chi connectivity index (χ0n) is 7.98. The van der Waals surface area contributed by atoms with Gasteiger partial charge in [0.15, 0.2) is 0 Å². The summed E-state index contributed by atoms with van der Waals surface area (Å²) in [7, 11) is 0. The monoisotopic (exact) mass is 206 g/mol. The molecule has 0 bridgehead atoms. The molecule has 0 unspecified atom stereocenters. The number of anilines is 1. The van der Waals surface area contributed by atoms with Crippen molar-refractivity contribution in [3.8, 4) is 11.4 Å². The number of nitrogens with two attached hydrogens (primary N) is 1. The molecule has 0 aliphatic rings. The van der Waals surface area contributed by atoms with Crippen LogP contribution in [0.3, 0.4) is 0 Å². The van der Waals surface area contributed by atoms with E-state index in [4.69, 9.17) is 5.73 Å². The lowest BCUT2D eigenvalue weighted by Gasteiger charge is -1.98. The molecule has 2 N–H and O–H groups in total. The number of aryl methyl sites for hydroxylation is 2. The van der Waals surface area contributed by atoms with Crippen LogP contribution in [0.25, 0.3) is 11.4 Å². The maximum absolute atomic E-state index is 5.56. The van der Waals surface area contributed by atoms with Gasteiger partial charge in [0.1, 0.15) is 5.69 Å². The van der Waals surface area contributed by atoms with Crippen molar-refractivity contribution >= 4 is 17.5 Å². The van der Waals surface area contributed by atoms with Gasteiger partial charge in [-0.2, -0.15) is 4.37 Å². The van der Waals surface area contributed by atoms with Crippen molar-refractivity contribution in [1.29, 1.82) is 0 Å². The summed E-state index contributed by atoms with van der Waals surface area (Å²) in [6.07, 6.45) is 0. The van der Waals surface area contributed by atoms with E-state index in [1.165, 1.54) is 11.5 Å². The van der Waals surface area contributed by atoms with Gasteiger partial charge in [-0.1, -0.05) is 0 Å². The van der Waals surface area contributed by atoms with Crippen molar-refractivity contribution < 1.29 is 0 Å². The van der Waals surface area contributed by atoms with Crippen molar-refractivity contribution in [2.24, 2.45) is 0 Å². The molecule has 2 rings (SSSR count). The van der Waals surface area contributed by atoms with Crippen LogP contribution in [0, 0.1) is 13.8 Å². The highest BCUT2D eigenvalue weighted by Gasteiger charge is 2.05. The summed E-state index contributed by atoms with van der Waals surface area (Å²) in [6, 6.07) is 3.87. The fraction of sp³-hybridized carbons (Fsp3) is 0.222. The van der Waals surface area contributed by atoms with Crippen molar-refractivity contribution in [1.82, 2.24) is 14.3 Å². The molecular formula is C9H10N4S. The van der Waals surface area contributed by atoms with Crippen LogP contribution in [0.15, 0.2) is 12.1 Å². The molecule has 5 heteroatoms. The summed E-state index contributed by atoms with van der Waals surface area (Å²) in [5.74, 6) is 0.297. The molecule has 2 aromatic heterocycles. The number of nitrogens with zero attached hydrogens (tertiary/aromatic N) is 3. The van der Waals surface area contributed by atoms with Crippen LogP contribution < -0.4 is 5.73 Å². The van der Waals surface area contributed by atoms with E-state index < -0.39 is 0 Å². The Morgan fingerprint density at radius 1 is 1.14 bits per heavy atom. The van der Waals surface area contributed by atoms with Crippen LogP contribution in [0.5, 0.6) is 0 Å². The van der Waals surface area contributed by atoms with E-state index in [-0.39, 0.29) is 0 Å². The molecule has 0 fully saturated rings. The van der Waals surface area contributed by atoms with E-state index in [2.05, 4.69) is 14.3 Å². The largest absolute Gasteiger partial charge is 0.368 e. The van der Waals surface area contributed by atoms with Gasteiger partial charge in [0.25, 0.3) is 0 Å². The van der Waals surface area contributed by atoms with Crippen LogP contribution in [-0.2, 0) is 0 Å². The van der Waals surface area contributed by atoms with Gasteiger partial charge in [-0.3, -0.25) is 0 Å². The highest BCUT2D eigenvalue weighted by Crippen LogP contribution is 2.20. The molecule has 0 atom stereocenters. The van der Waals surface area contributed by atoms with Gasteiger partial charge in [-0.25, -0.2) is 9.97 Å². The van der Waals surface area contributed by atoms with E-state index in [1.807, 2.05) is 26.0 Å². The van der Waals surface area contributed by atoms with E-state index in [9.17, 15) is 0 Å². The third kappa shape index (κ3) is 1.72. The minimum absolute atomic E-state index is 0.297. The third-order valence-corrected chi connectivity index (χ3v) is 2.46. The standard InChI is InChI=1S/C9H10N4S/c1-5-3-7(12-9(10)11-5)8-4-6(2)14-13-8/h3-4H,1-2H3,(H2,10,11,12). The molecule has 0 saturated heterocycles. The summed E-state index contributed by atoms with van der Waals surface area (Å²) in [5.41, 5.74) is 8.07. The zero-order valence-corrected chi connectivity index (χ0v) is 8.80. The Morgan fingerprint density at radius 2 is 1.93 bits per heavy atom. The van der Waals surface area contributed by atoms with E-state index in [0.29, 0.717) is 5.95 Å². The van der Waals surface area contributed by atoms with Crippen molar-refractivity contribution in [3.63, 3.8) is 0 Å². The van der Waals surface area contributed by atoms with Gasteiger partial charge in [0.05, 0.1) is 5.69 Å². The predicted molar refractivity (Wildman–Crippen MR) is 57.0 cm³/mol. The fourth-order valence-electron chi connectivity index (χ4n) is 1.21. The lowest BCUT2D eigenvalue weighted by molar-refractivity contribution is 1.12. The summed E-state index contributed by atoms with van der Waals surface area (Å²) < 4.78 is 4.26. The quantitative estimate of drug-likeness (QED) is 0.772. The van der Waals surface area contributed by atoms with Gasteiger partial charge in [0.2, 0.25) is 5.95 Å². The lowest BCUT2D eigenvalue weighted by atomic mass is 10.2. The molecular weight excluding hydrogens is 196 g/mol. The van der Waals surface area contributed by atoms with Gasteiger partial charge in [-0.05, 0) is 37.5 Å². The summed E-state index contributed by atoms with van der Waals surface area (Å²) in [4.78, 5) is 9.30. The second-order valence-corrected chi connectivity index (χ2v) is 4.08. The second kappa shape index (κ2) is 3.34. The third-order valence-electron chi connectivity index (χ3n) is 1.76. The van der Waals surface area contributed by atoms with E-state index in [0.717, 1.165) is 22.0 Å². The maximum atomic E-state index is 5.56. The molecule has 0 saturated carbocycles. The summed E-state index contributed by atoms with van der Waals surface area (Å²) in [6.45, 7) is 3.90. The minimum Gasteiger partial charge on any atom is -0.368 e. The Balaban J connectivity index is 2.51. The molecule has 0 aromatic carbocycles. The van der Waals surface area contributed by atoms with Crippen molar-refractivity contribution in [2.45, 2.75) is 13.8 Å². The molecule has 2 aromatic rings. The molecule has 0 radical (unpaired) electrons. The average Bonchev–Trinajstić information content (AvgIpc) is 2.50. The highest BCUT2D eigenvalue weighted by molar-refractivity contribution is 7.05. The highest BCUT2D eigenvalue weighted by atomic mass is 32.1. The summed E-state index contributed by atoms with van der Waals surface area (Å²) in [5, 5.41) is 0. The molecule has 72 valence electrons. The first kappa shape index (κ1) is 9.08.